The van der Waals surface area contributed by atoms with E-state index in [9.17, 15) is 14.4 Å². The summed E-state index contributed by atoms with van der Waals surface area (Å²) in [7, 11) is 0. The SMILES string of the molecule is CCCCOC(=O)CNOC(=O)CCCC(=O)O. The van der Waals surface area contributed by atoms with E-state index in [2.05, 4.69) is 10.3 Å². The fraction of sp³-hybridized carbons (Fsp3) is 0.727. The minimum atomic E-state index is -0.963. The van der Waals surface area contributed by atoms with E-state index < -0.39 is 17.9 Å². The molecule has 0 heterocycles. The van der Waals surface area contributed by atoms with Gasteiger partial charge in [-0.25, -0.2) is 0 Å². The highest BCUT2D eigenvalue weighted by Crippen LogP contribution is 1.96. The van der Waals surface area contributed by atoms with Crippen molar-refractivity contribution in [1.82, 2.24) is 5.48 Å². The number of carboxylic acids is 1. The molecule has 0 radical (unpaired) electrons. The predicted molar refractivity (Wildman–Crippen MR) is 61.4 cm³/mol. The minimum absolute atomic E-state index is 0.00974. The Labute approximate surface area is 105 Å². The molecule has 0 fully saturated rings. The number of hydrogen-bond acceptors (Lipinski definition) is 6. The lowest BCUT2D eigenvalue weighted by Crippen LogP contribution is -2.27. The Kier molecular flexibility index (Phi) is 9.57. The third kappa shape index (κ3) is 10.9. The molecule has 7 nitrogen and oxygen atoms in total. The number of hydrogen-bond donors (Lipinski definition) is 2. The Morgan fingerprint density at radius 3 is 2.44 bits per heavy atom. The zero-order chi connectivity index (χ0) is 13.8. The quantitative estimate of drug-likeness (QED) is 0.338. The molecular formula is C11H19NO6. The van der Waals surface area contributed by atoms with Crippen LogP contribution in [0, 0.1) is 0 Å². The topological polar surface area (TPSA) is 102 Å². The number of unbranched alkanes of at least 4 members (excludes halogenated alkanes) is 1. The maximum absolute atomic E-state index is 11.0. The van der Waals surface area contributed by atoms with E-state index in [0.29, 0.717) is 6.61 Å². The van der Waals surface area contributed by atoms with Gasteiger partial charge in [0.1, 0.15) is 6.54 Å². The van der Waals surface area contributed by atoms with E-state index in [1.807, 2.05) is 6.92 Å². The van der Waals surface area contributed by atoms with E-state index in [0.717, 1.165) is 12.8 Å². The highest BCUT2D eigenvalue weighted by molar-refractivity contribution is 5.73. The molecule has 0 rings (SSSR count). The number of nitrogens with one attached hydrogen (secondary N) is 1. The van der Waals surface area contributed by atoms with Crippen LogP contribution in [-0.4, -0.2) is 36.2 Å². The molecule has 0 aliphatic carbocycles. The molecule has 0 spiro atoms. The Bertz CT molecular complexity index is 279. The number of carboxylic acid groups (broad SMARTS) is 1. The first kappa shape index (κ1) is 16.4. The van der Waals surface area contributed by atoms with Crippen LogP contribution < -0.4 is 5.48 Å². The van der Waals surface area contributed by atoms with E-state index in [4.69, 9.17) is 9.84 Å². The van der Waals surface area contributed by atoms with Crippen LogP contribution in [0.4, 0.5) is 0 Å². The summed E-state index contributed by atoms with van der Waals surface area (Å²) in [6, 6.07) is 0. The van der Waals surface area contributed by atoms with Crippen molar-refractivity contribution in [3.05, 3.63) is 0 Å². The molecule has 0 atom stereocenters. The summed E-state index contributed by atoms with van der Waals surface area (Å²) in [6.45, 7) is 2.11. The number of aliphatic carboxylic acids is 1. The second-order valence-corrected chi connectivity index (χ2v) is 3.62. The number of carbonyl (C=O) groups excluding carboxylic acids is 2. The van der Waals surface area contributed by atoms with Crippen molar-refractivity contribution in [1.29, 1.82) is 0 Å². The summed E-state index contributed by atoms with van der Waals surface area (Å²) < 4.78 is 4.81. The lowest BCUT2D eigenvalue weighted by molar-refractivity contribution is -0.155. The van der Waals surface area contributed by atoms with Crippen molar-refractivity contribution in [3.63, 3.8) is 0 Å². The van der Waals surface area contributed by atoms with E-state index >= 15 is 0 Å². The van der Waals surface area contributed by atoms with Crippen molar-refractivity contribution in [3.8, 4) is 0 Å². The predicted octanol–water partition coefficient (Wildman–Crippen LogP) is 0.632. The number of hydroxylamine groups is 1. The van der Waals surface area contributed by atoms with Gasteiger partial charge in [-0.15, -0.1) is 5.48 Å². The Balaban J connectivity index is 3.44. The number of esters is 1. The zero-order valence-electron chi connectivity index (χ0n) is 10.4. The number of ether oxygens (including phenoxy) is 1. The molecule has 0 saturated heterocycles. The molecule has 2 N–H and O–H groups in total. The molecule has 18 heavy (non-hydrogen) atoms. The molecule has 0 aliphatic rings. The van der Waals surface area contributed by atoms with Crippen LogP contribution >= 0.6 is 0 Å². The molecule has 0 aliphatic heterocycles. The summed E-state index contributed by atoms with van der Waals surface area (Å²) >= 11 is 0. The Hall–Kier alpha value is -1.63. The first-order valence-electron chi connectivity index (χ1n) is 5.86. The van der Waals surface area contributed by atoms with Crippen LogP contribution in [0.5, 0.6) is 0 Å². The third-order valence-electron chi connectivity index (χ3n) is 1.93. The van der Waals surface area contributed by atoms with Crippen LogP contribution in [0.2, 0.25) is 0 Å². The van der Waals surface area contributed by atoms with Crippen molar-refractivity contribution >= 4 is 17.9 Å². The fourth-order valence-corrected chi connectivity index (χ4v) is 0.992. The van der Waals surface area contributed by atoms with Gasteiger partial charge < -0.3 is 14.7 Å². The van der Waals surface area contributed by atoms with Gasteiger partial charge in [-0.2, -0.15) is 0 Å². The molecule has 0 aromatic heterocycles. The third-order valence-corrected chi connectivity index (χ3v) is 1.93. The van der Waals surface area contributed by atoms with Gasteiger partial charge in [0.2, 0.25) is 0 Å². The van der Waals surface area contributed by atoms with Gasteiger partial charge in [0.05, 0.1) is 6.61 Å². The lowest BCUT2D eigenvalue weighted by atomic mass is 10.2. The molecule has 7 heteroatoms. The zero-order valence-corrected chi connectivity index (χ0v) is 10.4. The van der Waals surface area contributed by atoms with Gasteiger partial charge in [0, 0.05) is 12.8 Å². The molecule has 0 aromatic rings. The van der Waals surface area contributed by atoms with Crippen LogP contribution in [-0.2, 0) is 24.0 Å². The largest absolute Gasteiger partial charge is 0.481 e. The minimum Gasteiger partial charge on any atom is -0.481 e. The molecule has 104 valence electrons. The maximum Gasteiger partial charge on any atom is 0.324 e. The van der Waals surface area contributed by atoms with Crippen molar-refractivity contribution in [2.24, 2.45) is 0 Å². The highest BCUT2D eigenvalue weighted by atomic mass is 16.7. The van der Waals surface area contributed by atoms with Crippen LogP contribution in [0.25, 0.3) is 0 Å². The molecule has 0 bridgehead atoms. The lowest BCUT2D eigenvalue weighted by Gasteiger charge is -2.06. The van der Waals surface area contributed by atoms with Gasteiger partial charge in [0.25, 0.3) is 0 Å². The van der Waals surface area contributed by atoms with Gasteiger partial charge in [0.15, 0.2) is 0 Å². The summed E-state index contributed by atoms with van der Waals surface area (Å²) in [5, 5.41) is 8.35. The summed E-state index contributed by atoms with van der Waals surface area (Å²) in [6.07, 6.45) is 1.83. The van der Waals surface area contributed by atoms with Crippen molar-refractivity contribution in [2.45, 2.75) is 39.0 Å². The van der Waals surface area contributed by atoms with Gasteiger partial charge in [-0.3, -0.25) is 14.4 Å². The molecule has 0 aromatic carbocycles. The number of rotatable bonds is 10. The monoisotopic (exact) mass is 261 g/mol. The normalized spacial score (nSPS) is 9.83. The number of carbonyl (C=O) groups is 3. The highest BCUT2D eigenvalue weighted by Gasteiger charge is 2.07. The van der Waals surface area contributed by atoms with Crippen molar-refractivity contribution < 1.29 is 29.1 Å². The first-order chi connectivity index (χ1) is 8.56. The average molecular weight is 261 g/mol. The Morgan fingerprint density at radius 1 is 1.11 bits per heavy atom. The van der Waals surface area contributed by atoms with E-state index in [-0.39, 0.29) is 25.8 Å². The summed E-state index contributed by atoms with van der Waals surface area (Å²) in [4.78, 5) is 36.8. The second kappa shape index (κ2) is 10.5. The first-order valence-corrected chi connectivity index (χ1v) is 5.86. The van der Waals surface area contributed by atoms with Crippen LogP contribution in [0.15, 0.2) is 0 Å². The Morgan fingerprint density at radius 2 is 1.83 bits per heavy atom. The van der Waals surface area contributed by atoms with Gasteiger partial charge in [-0.05, 0) is 12.8 Å². The van der Waals surface area contributed by atoms with Crippen LogP contribution in [0.1, 0.15) is 39.0 Å². The summed E-state index contributed by atoms with van der Waals surface area (Å²) in [5.41, 5.74) is 2.18. The second-order valence-electron chi connectivity index (χ2n) is 3.62. The standard InChI is InChI=1S/C11H19NO6/c1-2-3-7-17-11(16)8-12-18-10(15)6-4-5-9(13)14/h12H,2-8H2,1H3,(H,13,14). The summed E-state index contributed by atoms with van der Waals surface area (Å²) in [5.74, 6) is -2.06. The average Bonchev–Trinajstić information content (AvgIpc) is 2.29. The van der Waals surface area contributed by atoms with Gasteiger partial charge in [-0.1, -0.05) is 13.3 Å². The van der Waals surface area contributed by atoms with Gasteiger partial charge >= 0.3 is 17.9 Å². The molecule has 0 unspecified atom stereocenters. The molecule has 0 saturated carbocycles. The maximum atomic E-state index is 11.0. The van der Waals surface area contributed by atoms with Crippen molar-refractivity contribution in [2.75, 3.05) is 13.2 Å². The van der Waals surface area contributed by atoms with E-state index in [1.165, 1.54) is 0 Å². The molecule has 0 amide bonds. The van der Waals surface area contributed by atoms with E-state index in [1.54, 1.807) is 0 Å². The molecular weight excluding hydrogens is 242 g/mol. The smallest absolute Gasteiger partial charge is 0.324 e. The fourth-order valence-electron chi connectivity index (χ4n) is 0.992. The van der Waals surface area contributed by atoms with Crippen LogP contribution in [0.3, 0.4) is 0 Å².